The molecule has 4 heteroatoms. The van der Waals surface area contributed by atoms with E-state index < -0.39 is 0 Å². The zero-order valence-corrected chi connectivity index (χ0v) is 13.8. The summed E-state index contributed by atoms with van der Waals surface area (Å²) in [5.41, 5.74) is 0. The second-order valence-electron chi connectivity index (χ2n) is 6.52. The fourth-order valence-electron chi connectivity index (χ4n) is 3.71. The number of amides is 1. The molecule has 0 bridgehead atoms. The summed E-state index contributed by atoms with van der Waals surface area (Å²) in [4.78, 5) is 12.4. The van der Waals surface area contributed by atoms with Crippen LogP contribution >= 0.6 is 12.4 Å². The summed E-state index contributed by atoms with van der Waals surface area (Å²) in [6.45, 7) is 5.42. The van der Waals surface area contributed by atoms with E-state index >= 15 is 0 Å². The summed E-state index contributed by atoms with van der Waals surface area (Å²) in [5.74, 6) is 1.30. The number of piperidine rings is 1. The van der Waals surface area contributed by atoms with Gasteiger partial charge >= 0.3 is 0 Å². The Morgan fingerprint density at radius 2 is 2.10 bits per heavy atom. The first-order chi connectivity index (χ1) is 9.20. The Hall–Kier alpha value is -0.280. The fourth-order valence-corrected chi connectivity index (χ4v) is 3.71. The molecule has 0 spiro atoms. The molecule has 2 unspecified atom stereocenters. The Bertz CT molecular complexity index is 298. The van der Waals surface area contributed by atoms with Gasteiger partial charge in [0, 0.05) is 18.0 Å². The standard InChI is InChI=1S/C16H30N2O.ClH/c1-3-4-6-13-7-5-8-15(13)18-16(19)14-9-10-17-12(2)11-14;/h12-15,17H,3-11H2,1-2H3,(H,18,19);1H/t12-,13?,14-,15?;/m0./s1. The first-order valence-corrected chi connectivity index (χ1v) is 8.24. The minimum absolute atomic E-state index is 0. The number of hydrogen-bond acceptors (Lipinski definition) is 2. The molecule has 2 fully saturated rings. The van der Waals surface area contributed by atoms with Crippen LogP contribution < -0.4 is 10.6 Å². The van der Waals surface area contributed by atoms with E-state index in [2.05, 4.69) is 24.5 Å². The third-order valence-electron chi connectivity index (χ3n) is 4.91. The molecule has 2 aliphatic rings. The van der Waals surface area contributed by atoms with Crippen LogP contribution in [0.15, 0.2) is 0 Å². The largest absolute Gasteiger partial charge is 0.353 e. The molecule has 0 aromatic rings. The first kappa shape index (κ1) is 17.8. The van der Waals surface area contributed by atoms with Gasteiger partial charge in [0.2, 0.25) is 5.91 Å². The third kappa shape index (κ3) is 4.92. The van der Waals surface area contributed by atoms with Gasteiger partial charge in [-0.2, -0.15) is 0 Å². The number of carbonyl (C=O) groups is 1. The summed E-state index contributed by atoms with van der Waals surface area (Å²) >= 11 is 0. The first-order valence-electron chi connectivity index (χ1n) is 8.24. The number of hydrogen-bond donors (Lipinski definition) is 2. The molecule has 1 saturated carbocycles. The van der Waals surface area contributed by atoms with Crippen LogP contribution in [0.4, 0.5) is 0 Å². The highest BCUT2D eigenvalue weighted by Gasteiger charge is 2.31. The lowest BCUT2D eigenvalue weighted by Gasteiger charge is -2.29. The molecule has 118 valence electrons. The predicted octanol–water partition coefficient (Wildman–Crippen LogP) is 3.27. The second-order valence-corrected chi connectivity index (χ2v) is 6.52. The quantitative estimate of drug-likeness (QED) is 0.818. The summed E-state index contributed by atoms with van der Waals surface area (Å²) in [6, 6.07) is 0.952. The minimum atomic E-state index is 0. The van der Waals surface area contributed by atoms with Crippen molar-refractivity contribution >= 4 is 18.3 Å². The van der Waals surface area contributed by atoms with Gasteiger partial charge in [0.05, 0.1) is 0 Å². The maximum atomic E-state index is 12.4. The van der Waals surface area contributed by atoms with Gasteiger partial charge in [-0.15, -0.1) is 12.4 Å². The maximum absolute atomic E-state index is 12.4. The number of rotatable bonds is 5. The molecular formula is C16H31ClN2O. The van der Waals surface area contributed by atoms with E-state index in [1.165, 1.54) is 38.5 Å². The highest BCUT2D eigenvalue weighted by atomic mass is 35.5. The lowest BCUT2D eigenvalue weighted by molar-refractivity contribution is -0.127. The average molecular weight is 303 g/mol. The van der Waals surface area contributed by atoms with Crippen LogP contribution in [0, 0.1) is 11.8 Å². The van der Waals surface area contributed by atoms with Crippen LogP contribution in [-0.4, -0.2) is 24.5 Å². The van der Waals surface area contributed by atoms with Crippen LogP contribution in [0.3, 0.4) is 0 Å². The lowest BCUT2D eigenvalue weighted by atomic mass is 9.91. The predicted molar refractivity (Wildman–Crippen MR) is 86.2 cm³/mol. The Labute approximate surface area is 130 Å². The Morgan fingerprint density at radius 1 is 1.30 bits per heavy atom. The second kappa shape index (κ2) is 8.89. The van der Waals surface area contributed by atoms with Gasteiger partial charge in [0.1, 0.15) is 0 Å². The molecule has 0 aromatic carbocycles. The molecule has 1 aliphatic carbocycles. The molecule has 0 aromatic heterocycles. The zero-order valence-electron chi connectivity index (χ0n) is 13.0. The van der Waals surface area contributed by atoms with Crippen molar-refractivity contribution in [3.05, 3.63) is 0 Å². The highest BCUT2D eigenvalue weighted by Crippen LogP contribution is 2.30. The Balaban J connectivity index is 0.00000200. The lowest BCUT2D eigenvalue weighted by Crippen LogP contribution is -2.46. The molecule has 2 rings (SSSR count). The molecule has 1 amide bonds. The molecule has 1 heterocycles. The van der Waals surface area contributed by atoms with Crippen molar-refractivity contribution in [1.29, 1.82) is 0 Å². The topological polar surface area (TPSA) is 41.1 Å². The van der Waals surface area contributed by atoms with Crippen LogP contribution in [0.1, 0.15) is 65.2 Å². The number of carbonyl (C=O) groups excluding carboxylic acids is 1. The number of nitrogens with one attached hydrogen (secondary N) is 2. The van der Waals surface area contributed by atoms with E-state index in [0.717, 1.165) is 25.3 Å². The van der Waals surface area contributed by atoms with Crippen molar-refractivity contribution < 1.29 is 4.79 Å². The van der Waals surface area contributed by atoms with Gasteiger partial charge < -0.3 is 10.6 Å². The Morgan fingerprint density at radius 3 is 2.80 bits per heavy atom. The van der Waals surface area contributed by atoms with Crippen molar-refractivity contribution in [3.63, 3.8) is 0 Å². The van der Waals surface area contributed by atoms with Crippen molar-refractivity contribution in [2.75, 3.05) is 6.54 Å². The van der Waals surface area contributed by atoms with Crippen LogP contribution in [0.5, 0.6) is 0 Å². The van der Waals surface area contributed by atoms with Crippen molar-refractivity contribution in [1.82, 2.24) is 10.6 Å². The molecule has 20 heavy (non-hydrogen) atoms. The molecule has 1 aliphatic heterocycles. The number of unbranched alkanes of at least 4 members (excludes halogenated alkanes) is 1. The van der Waals surface area contributed by atoms with Crippen LogP contribution in [-0.2, 0) is 4.79 Å². The van der Waals surface area contributed by atoms with E-state index in [1.54, 1.807) is 0 Å². The summed E-state index contributed by atoms with van der Waals surface area (Å²) in [7, 11) is 0. The van der Waals surface area contributed by atoms with Gasteiger partial charge in [-0.25, -0.2) is 0 Å². The van der Waals surface area contributed by atoms with E-state index in [-0.39, 0.29) is 18.3 Å². The van der Waals surface area contributed by atoms with Gasteiger partial charge in [-0.05, 0) is 51.5 Å². The van der Waals surface area contributed by atoms with Gasteiger partial charge in [0.25, 0.3) is 0 Å². The van der Waals surface area contributed by atoms with E-state index in [4.69, 9.17) is 0 Å². The van der Waals surface area contributed by atoms with Crippen molar-refractivity contribution in [3.8, 4) is 0 Å². The molecule has 0 radical (unpaired) electrons. The van der Waals surface area contributed by atoms with Gasteiger partial charge in [-0.1, -0.05) is 26.2 Å². The third-order valence-corrected chi connectivity index (χ3v) is 4.91. The summed E-state index contributed by atoms with van der Waals surface area (Å²) < 4.78 is 0. The van der Waals surface area contributed by atoms with Crippen molar-refractivity contribution in [2.45, 2.75) is 77.3 Å². The molecule has 4 atom stereocenters. The zero-order chi connectivity index (χ0) is 13.7. The molecular weight excluding hydrogens is 272 g/mol. The SMILES string of the molecule is CCCCC1CCCC1NC(=O)[C@H]1CCN[C@@H](C)C1.Cl. The van der Waals surface area contributed by atoms with Crippen molar-refractivity contribution in [2.24, 2.45) is 11.8 Å². The molecule has 2 N–H and O–H groups in total. The van der Waals surface area contributed by atoms with Crippen LogP contribution in [0.2, 0.25) is 0 Å². The molecule has 1 saturated heterocycles. The van der Waals surface area contributed by atoms with Gasteiger partial charge in [0.15, 0.2) is 0 Å². The number of halogens is 1. The fraction of sp³-hybridized carbons (Fsp3) is 0.938. The summed E-state index contributed by atoms with van der Waals surface area (Å²) in [5, 5.41) is 6.78. The molecule has 3 nitrogen and oxygen atoms in total. The smallest absolute Gasteiger partial charge is 0.223 e. The minimum Gasteiger partial charge on any atom is -0.353 e. The average Bonchev–Trinajstić information content (AvgIpc) is 2.83. The maximum Gasteiger partial charge on any atom is 0.223 e. The van der Waals surface area contributed by atoms with Gasteiger partial charge in [-0.3, -0.25) is 4.79 Å². The van der Waals surface area contributed by atoms with E-state index in [0.29, 0.717) is 18.0 Å². The van der Waals surface area contributed by atoms with E-state index in [1.807, 2.05) is 0 Å². The highest BCUT2D eigenvalue weighted by molar-refractivity contribution is 5.85. The normalized spacial score (nSPS) is 33.5. The Kier molecular flexibility index (Phi) is 7.90. The van der Waals surface area contributed by atoms with Crippen LogP contribution in [0.25, 0.3) is 0 Å². The monoisotopic (exact) mass is 302 g/mol. The van der Waals surface area contributed by atoms with E-state index in [9.17, 15) is 4.79 Å². The summed E-state index contributed by atoms with van der Waals surface area (Å²) in [6.07, 6.45) is 9.67.